The Balaban J connectivity index is 1.88. The molecular weight excluding hydrogens is 304 g/mol. The number of alkyl halides is 1. The first-order valence-corrected chi connectivity index (χ1v) is 8.82. The quantitative estimate of drug-likeness (QED) is 0.497. The van der Waals surface area contributed by atoms with Crippen LogP contribution in [0.3, 0.4) is 0 Å². The summed E-state index contributed by atoms with van der Waals surface area (Å²) in [4.78, 5) is 0.477. The molecule has 0 radical (unpaired) electrons. The van der Waals surface area contributed by atoms with Crippen LogP contribution in [0.15, 0.2) is 0 Å². The summed E-state index contributed by atoms with van der Waals surface area (Å²) in [5.41, 5.74) is -0.0912. The Morgan fingerprint density at radius 1 is 1.26 bits per heavy atom. The Kier molecular flexibility index (Phi) is 5.01. The summed E-state index contributed by atoms with van der Waals surface area (Å²) in [6.45, 7) is 9.90. The molecule has 0 amide bonds. The maximum atomic E-state index is 6.44. The van der Waals surface area contributed by atoms with Crippen molar-refractivity contribution in [2.24, 2.45) is 5.92 Å². The molecule has 2 saturated heterocycles. The molecule has 0 saturated carbocycles. The number of halogens is 1. The van der Waals surface area contributed by atoms with Crippen LogP contribution in [0.25, 0.3) is 0 Å². The molecule has 112 valence electrons. The number of rotatable bonds is 7. The van der Waals surface area contributed by atoms with Gasteiger partial charge in [-0.05, 0) is 25.7 Å². The second-order valence-corrected chi connectivity index (χ2v) is 7.93. The van der Waals surface area contributed by atoms with Crippen molar-refractivity contribution in [2.45, 2.75) is 88.4 Å². The van der Waals surface area contributed by atoms with Crippen molar-refractivity contribution in [3.8, 4) is 0 Å². The smallest absolute Gasteiger partial charge is 0.0936 e. The SMILES string of the molecule is CCCCCCO[C@@H]1C[C@]2(C(C)C)O[C@@]1(C)C[C@@H]2Br. The van der Waals surface area contributed by atoms with Gasteiger partial charge in [-0.1, -0.05) is 56.0 Å². The van der Waals surface area contributed by atoms with Crippen LogP contribution < -0.4 is 0 Å². The Hall–Kier alpha value is 0.400. The van der Waals surface area contributed by atoms with Crippen LogP contribution in [-0.2, 0) is 9.47 Å². The first-order chi connectivity index (χ1) is 8.94. The highest BCUT2D eigenvalue weighted by Crippen LogP contribution is 2.57. The molecule has 3 heteroatoms. The standard InChI is InChI=1S/C16H29BrO2/c1-5-6-7-8-9-18-14-11-16(12(2)3)13(17)10-15(14,4)19-16/h12-14H,5-11H2,1-4H3/t13-,14+,15-,16+/m0/s1. The second-order valence-electron chi connectivity index (χ2n) is 6.82. The van der Waals surface area contributed by atoms with Crippen molar-refractivity contribution in [3.63, 3.8) is 0 Å². The normalized spacial score (nSPS) is 41.4. The van der Waals surface area contributed by atoms with Gasteiger partial charge in [0.1, 0.15) is 0 Å². The van der Waals surface area contributed by atoms with Crippen LogP contribution in [0.2, 0.25) is 0 Å². The van der Waals surface area contributed by atoms with Gasteiger partial charge in [-0.25, -0.2) is 0 Å². The average Bonchev–Trinajstić information content (AvgIpc) is 2.77. The van der Waals surface area contributed by atoms with E-state index in [1.165, 1.54) is 25.7 Å². The van der Waals surface area contributed by atoms with Crippen LogP contribution in [-0.4, -0.2) is 28.7 Å². The second kappa shape index (κ2) is 6.03. The van der Waals surface area contributed by atoms with E-state index < -0.39 is 0 Å². The van der Waals surface area contributed by atoms with E-state index in [0.717, 1.165) is 19.4 Å². The number of hydrogen-bond acceptors (Lipinski definition) is 2. The van der Waals surface area contributed by atoms with Gasteiger partial charge in [0.15, 0.2) is 0 Å². The maximum Gasteiger partial charge on any atom is 0.0936 e. The Bertz CT molecular complexity index is 307. The number of unbranched alkanes of at least 4 members (excludes halogenated alkanes) is 3. The van der Waals surface area contributed by atoms with E-state index in [0.29, 0.717) is 10.7 Å². The average molecular weight is 333 g/mol. The molecule has 0 spiro atoms. The van der Waals surface area contributed by atoms with Crippen molar-refractivity contribution < 1.29 is 9.47 Å². The Morgan fingerprint density at radius 2 is 2.00 bits per heavy atom. The third kappa shape index (κ3) is 2.89. The minimum atomic E-state index is -0.0802. The fourth-order valence-electron chi connectivity index (χ4n) is 3.65. The molecule has 19 heavy (non-hydrogen) atoms. The molecule has 0 aromatic rings. The highest BCUT2D eigenvalue weighted by molar-refractivity contribution is 9.09. The highest BCUT2D eigenvalue weighted by atomic mass is 79.9. The van der Waals surface area contributed by atoms with Crippen LogP contribution in [0.4, 0.5) is 0 Å². The molecule has 0 aliphatic carbocycles. The Morgan fingerprint density at radius 3 is 2.58 bits per heavy atom. The number of hydrogen-bond donors (Lipinski definition) is 0. The summed E-state index contributed by atoms with van der Waals surface area (Å²) in [6, 6.07) is 0. The molecule has 2 heterocycles. The van der Waals surface area contributed by atoms with Gasteiger partial charge < -0.3 is 9.47 Å². The minimum absolute atomic E-state index is 0.0111. The first-order valence-electron chi connectivity index (χ1n) is 7.90. The fourth-order valence-corrected chi connectivity index (χ4v) is 5.10. The van der Waals surface area contributed by atoms with Gasteiger partial charge in [0.05, 0.1) is 17.3 Å². The predicted molar refractivity (Wildman–Crippen MR) is 82.9 cm³/mol. The van der Waals surface area contributed by atoms with Crippen molar-refractivity contribution in [1.29, 1.82) is 0 Å². The molecule has 2 aliphatic rings. The van der Waals surface area contributed by atoms with Crippen molar-refractivity contribution >= 4 is 15.9 Å². The van der Waals surface area contributed by atoms with Crippen molar-refractivity contribution in [2.75, 3.05) is 6.61 Å². The minimum Gasteiger partial charge on any atom is -0.375 e. The van der Waals surface area contributed by atoms with E-state index in [2.05, 4.69) is 43.6 Å². The topological polar surface area (TPSA) is 18.5 Å². The molecule has 2 fully saturated rings. The molecule has 4 atom stereocenters. The largest absolute Gasteiger partial charge is 0.375 e. The van der Waals surface area contributed by atoms with E-state index in [9.17, 15) is 0 Å². The number of ether oxygens (including phenoxy) is 2. The Labute approximate surface area is 126 Å². The van der Waals surface area contributed by atoms with Gasteiger partial charge in [-0.3, -0.25) is 0 Å². The van der Waals surface area contributed by atoms with Crippen LogP contribution in [0.5, 0.6) is 0 Å². The lowest BCUT2D eigenvalue weighted by Gasteiger charge is -2.35. The van der Waals surface area contributed by atoms with E-state index in [1.54, 1.807) is 0 Å². The molecule has 0 N–H and O–H groups in total. The van der Waals surface area contributed by atoms with Crippen LogP contribution in [0, 0.1) is 5.92 Å². The molecule has 0 aromatic carbocycles. The van der Waals surface area contributed by atoms with Gasteiger partial charge in [-0.2, -0.15) is 0 Å². The molecule has 2 rings (SSSR count). The van der Waals surface area contributed by atoms with Crippen LogP contribution >= 0.6 is 15.9 Å². The molecule has 2 nitrogen and oxygen atoms in total. The van der Waals surface area contributed by atoms with Crippen molar-refractivity contribution in [1.82, 2.24) is 0 Å². The summed E-state index contributed by atoms with van der Waals surface area (Å²) in [6.07, 6.45) is 7.48. The highest BCUT2D eigenvalue weighted by Gasteiger charge is 2.65. The predicted octanol–water partition coefficient (Wildman–Crippen LogP) is 4.69. The van der Waals surface area contributed by atoms with Crippen LogP contribution in [0.1, 0.15) is 66.2 Å². The van der Waals surface area contributed by atoms with E-state index >= 15 is 0 Å². The summed E-state index contributed by atoms with van der Waals surface area (Å²) >= 11 is 3.84. The van der Waals surface area contributed by atoms with Gasteiger partial charge in [0.2, 0.25) is 0 Å². The summed E-state index contributed by atoms with van der Waals surface area (Å²) < 4.78 is 12.6. The fraction of sp³-hybridized carbons (Fsp3) is 1.00. The van der Waals surface area contributed by atoms with E-state index in [-0.39, 0.29) is 17.3 Å². The third-order valence-electron chi connectivity index (χ3n) is 5.02. The maximum absolute atomic E-state index is 6.44. The molecule has 0 unspecified atom stereocenters. The van der Waals surface area contributed by atoms with E-state index in [4.69, 9.17) is 9.47 Å². The number of fused-ring (bicyclic) bond motifs is 2. The summed E-state index contributed by atoms with van der Waals surface area (Å²) in [7, 11) is 0. The lowest BCUT2D eigenvalue weighted by Crippen LogP contribution is -2.45. The van der Waals surface area contributed by atoms with Gasteiger partial charge in [-0.15, -0.1) is 0 Å². The zero-order valence-electron chi connectivity index (χ0n) is 12.9. The van der Waals surface area contributed by atoms with Gasteiger partial charge >= 0.3 is 0 Å². The lowest BCUT2D eigenvalue weighted by molar-refractivity contribution is -0.0927. The zero-order chi connectivity index (χ0) is 14.1. The molecule has 0 aromatic heterocycles. The first kappa shape index (κ1) is 15.8. The molecule has 2 aliphatic heterocycles. The van der Waals surface area contributed by atoms with E-state index in [1.807, 2.05) is 0 Å². The summed E-state index contributed by atoms with van der Waals surface area (Å²) in [5, 5.41) is 0. The molecular formula is C16H29BrO2. The lowest BCUT2D eigenvalue weighted by atomic mass is 9.75. The molecule has 2 bridgehead atoms. The van der Waals surface area contributed by atoms with Crippen molar-refractivity contribution in [3.05, 3.63) is 0 Å². The zero-order valence-corrected chi connectivity index (χ0v) is 14.5. The monoisotopic (exact) mass is 332 g/mol. The van der Waals surface area contributed by atoms with Gasteiger partial charge in [0.25, 0.3) is 0 Å². The third-order valence-corrected chi connectivity index (χ3v) is 6.12. The summed E-state index contributed by atoms with van der Waals surface area (Å²) in [5.74, 6) is 0.535. The van der Waals surface area contributed by atoms with Gasteiger partial charge in [0, 0.05) is 17.9 Å².